The maximum atomic E-state index is 12.8. The van der Waals surface area contributed by atoms with Crippen LogP contribution in [-0.4, -0.2) is 52.4 Å². The number of nitrogens with one attached hydrogen (secondary N) is 1. The van der Waals surface area contributed by atoms with Gasteiger partial charge in [-0.3, -0.25) is 14.4 Å². The van der Waals surface area contributed by atoms with Crippen LogP contribution in [0.1, 0.15) is 37.3 Å². The predicted molar refractivity (Wildman–Crippen MR) is 82.4 cm³/mol. The minimum atomic E-state index is -4.16. The van der Waals surface area contributed by atoms with Gasteiger partial charge in [-0.2, -0.15) is 18.3 Å². The summed E-state index contributed by atoms with van der Waals surface area (Å²) in [6, 6.07) is -0.0838. The molecule has 1 saturated heterocycles. The Hall–Kier alpha value is -1.57. The van der Waals surface area contributed by atoms with Crippen LogP contribution in [0.4, 0.5) is 13.2 Å². The first-order valence-corrected chi connectivity index (χ1v) is 8.40. The van der Waals surface area contributed by atoms with Crippen molar-refractivity contribution in [1.82, 2.24) is 20.0 Å². The van der Waals surface area contributed by atoms with Crippen LogP contribution in [0.15, 0.2) is 12.4 Å². The molecule has 1 saturated carbocycles. The van der Waals surface area contributed by atoms with Gasteiger partial charge in [0, 0.05) is 25.3 Å². The summed E-state index contributed by atoms with van der Waals surface area (Å²) >= 11 is 0. The monoisotopic (exact) mass is 344 g/mol. The first-order chi connectivity index (χ1) is 11.3. The van der Waals surface area contributed by atoms with Crippen molar-refractivity contribution < 1.29 is 18.0 Å². The molecule has 1 aromatic heterocycles. The van der Waals surface area contributed by atoms with Gasteiger partial charge in [-0.15, -0.1) is 0 Å². The molecule has 1 aromatic rings. The molecule has 0 radical (unpaired) electrons. The molecule has 2 fully saturated rings. The number of amides is 1. The number of alkyl halides is 3. The second kappa shape index (κ2) is 6.74. The molecule has 1 amide bonds. The number of rotatable bonds is 4. The van der Waals surface area contributed by atoms with Crippen LogP contribution in [0.25, 0.3) is 0 Å². The van der Waals surface area contributed by atoms with E-state index in [9.17, 15) is 18.0 Å². The molecule has 5 nitrogen and oxygen atoms in total. The molecule has 0 unspecified atom stereocenters. The highest BCUT2D eigenvalue weighted by Gasteiger charge is 2.42. The van der Waals surface area contributed by atoms with E-state index in [1.807, 2.05) is 22.7 Å². The van der Waals surface area contributed by atoms with Gasteiger partial charge in [0.25, 0.3) is 0 Å². The molecular formula is C16H23F3N4O. The number of carbonyl (C=O) groups excluding carboxylic acids is 1. The van der Waals surface area contributed by atoms with Crippen LogP contribution in [-0.2, 0) is 4.79 Å². The van der Waals surface area contributed by atoms with Crippen LogP contribution in [0.2, 0.25) is 0 Å². The highest BCUT2D eigenvalue weighted by Crippen LogP contribution is 2.37. The third-order valence-electron chi connectivity index (χ3n) is 4.91. The zero-order valence-electron chi connectivity index (χ0n) is 13.7. The topological polar surface area (TPSA) is 50.2 Å². The molecular weight excluding hydrogens is 321 g/mol. The molecule has 1 N–H and O–H groups in total. The number of likely N-dealkylation sites (tertiary alicyclic amines) is 1. The fraction of sp³-hybridized carbons (Fsp3) is 0.750. The lowest BCUT2D eigenvalue weighted by Gasteiger charge is -2.39. The first kappa shape index (κ1) is 17.3. The molecule has 1 aliphatic carbocycles. The Bertz CT molecular complexity index is 580. The number of hydrogen-bond acceptors (Lipinski definition) is 3. The summed E-state index contributed by atoms with van der Waals surface area (Å²) in [5.74, 6) is -1.47. The van der Waals surface area contributed by atoms with Crippen molar-refractivity contribution in [3.05, 3.63) is 18.0 Å². The van der Waals surface area contributed by atoms with Crippen LogP contribution >= 0.6 is 0 Å². The highest BCUT2D eigenvalue weighted by molar-refractivity contribution is 5.78. The van der Waals surface area contributed by atoms with E-state index in [0.717, 1.165) is 18.7 Å². The number of halogens is 3. The van der Waals surface area contributed by atoms with Gasteiger partial charge in [0.1, 0.15) is 0 Å². The van der Waals surface area contributed by atoms with E-state index in [-0.39, 0.29) is 37.4 Å². The van der Waals surface area contributed by atoms with Gasteiger partial charge in [-0.25, -0.2) is 0 Å². The number of nitrogens with zero attached hydrogens (tertiary/aromatic N) is 3. The fourth-order valence-electron chi connectivity index (χ4n) is 3.57. The minimum Gasteiger partial charge on any atom is -0.352 e. The summed E-state index contributed by atoms with van der Waals surface area (Å²) in [5, 5.41) is 7.03. The third kappa shape index (κ3) is 4.09. The third-order valence-corrected chi connectivity index (χ3v) is 4.91. The van der Waals surface area contributed by atoms with E-state index in [2.05, 4.69) is 10.4 Å². The summed E-state index contributed by atoms with van der Waals surface area (Å²) in [6.07, 6.45) is 0.942. The van der Waals surface area contributed by atoms with E-state index < -0.39 is 12.1 Å². The Balaban J connectivity index is 1.40. The van der Waals surface area contributed by atoms with Crippen molar-refractivity contribution in [2.24, 2.45) is 5.92 Å². The second-order valence-corrected chi connectivity index (χ2v) is 7.02. The average Bonchev–Trinajstić information content (AvgIpc) is 2.88. The van der Waals surface area contributed by atoms with Crippen LogP contribution < -0.4 is 5.32 Å². The average molecular weight is 344 g/mol. The maximum Gasteiger partial charge on any atom is 0.391 e. The van der Waals surface area contributed by atoms with Crippen LogP contribution in [0.3, 0.4) is 0 Å². The lowest BCUT2D eigenvalue weighted by Crippen LogP contribution is -2.53. The van der Waals surface area contributed by atoms with E-state index in [0.29, 0.717) is 12.8 Å². The number of carbonyl (C=O) groups is 1. The summed E-state index contributed by atoms with van der Waals surface area (Å²) in [5.41, 5.74) is 1.10. The predicted octanol–water partition coefficient (Wildman–Crippen LogP) is 2.29. The SMILES string of the molecule is Cc1cnn(C2CN(CC(=O)N[C@H]3CCC[C@@H](C(F)(F)F)C3)C2)c1. The number of hydrogen-bond donors (Lipinski definition) is 1. The molecule has 1 aliphatic heterocycles. The lowest BCUT2D eigenvalue weighted by molar-refractivity contribution is -0.184. The Morgan fingerprint density at radius 3 is 2.75 bits per heavy atom. The van der Waals surface area contributed by atoms with Crippen molar-refractivity contribution in [2.45, 2.75) is 50.9 Å². The summed E-state index contributed by atoms with van der Waals surface area (Å²) in [4.78, 5) is 14.0. The van der Waals surface area contributed by atoms with Gasteiger partial charge in [0.05, 0.1) is 24.7 Å². The molecule has 8 heteroatoms. The van der Waals surface area contributed by atoms with Crippen molar-refractivity contribution in [3.63, 3.8) is 0 Å². The van der Waals surface area contributed by atoms with Crippen molar-refractivity contribution in [3.8, 4) is 0 Å². The van der Waals surface area contributed by atoms with Gasteiger partial charge in [-0.1, -0.05) is 6.42 Å². The van der Waals surface area contributed by atoms with E-state index in [4.69, 9.17) is 0 Å². The van der Waals surface area contributed by atoms with Crippen LogP contribution in [0.5, 0.6) is 0 Å². The second-order valence-electron chi connectivity index (χ2n) is 7.02. The lowest BCUT2D eigenvalue weighted by atomic mass is 9.85. The van der Waals surface area contributed by atoms with Gasteiger partial charge in [-0.05, 0) is 31.7 Å². The van der Waals surface area contributed by atoms with E-state index in [1.54, 1.807) is 6.20 Å². The van der Waals surface area contributed by atoms with Gasteiger partial charge in [0.15, 0.2) is 0 Å². The molecule has 2 aliphatic rings. The molecule has 3 rings (SSSR count). The number of aromatic nitrogens is 2. The normalized spacial score (nSPS) is 26.2. The zero-order valence-corrected chi connectivity index (χ0v) is 13.7. The maximum absolute atomic E-state index is 12.8. The van der Waals surface area contributed by atoms with Crippen molar-refractivity contribution >= 4 is 5.91 Å². The molecule has 0 aromatic carbocycles. The zero-order chi connectivity index (χ0) is 17.3. The summed E-state index contributed by atoms with van der Waals surface area (Å²) in [6.45, 7) is 3.70. The van der Waals surface area contributed by atoms with E-state index >= 15 is 0 Å². The highest BCUT2D eigenvalue weighted by atomic mass is 19.4. The Kier molecular flexibility index (Phi) is 4.85. The quantitative estimate of drug-likeness (QED) is 0.912. The van der Waals surface area contributed by atoms with Crippen LogP contribution in [0, 0.1) is 12.8 Å². The summed E-state index contributed by atoms with van der Waals surface area (Å²) in [7, 11) is 0. The smallest absolute Gasteiger partial charge is 0.352 e. The first-order valence-electron chi connectivity index (χ1n) is 8.40. The summed E-state index contributed by atoms with van der Waals surface area (Å²) < 4.78 is 40.3. The van der Waals surface area contributed by atoms with Crippen molar-refractivity contribution in [2.75, 3.05) is 19.6 Å². The van der Waals surface area contributed by atoms with E-state index in [1.165, 1.54) is 0 Å². The molecule has 24 heavy (non-hydrogen) atoms. The molecule has 0 bridgehead atoms. The standard InChI is InChI=1S/C16H23F3N4O/c1-11-6-20-23(7-11)14-8-22(9-14)10-15(24)21-13-4-2-3-12(5-13)16(17,18)19/h6-7,12-14H,2-5,8-10H2,1H3,(H,21,24)/t12-,13+/m1/s1. The van der Waals surface area contributed by atoms with Gasteiger partial charge in [0.2, 0.25) is 5.91 Å². The molecule has 2 heterocycles. The Morgan fingerprint density at radius 2 is 2.12 bits per heavy atom. The fourth-order valence-corrected chi connectivity index (χ4v) is 3.57. The van der Waals surface area contributed by atoms with Gasteiger partial charge >= 0.3 is 6.18 Å². The minimum absolute atomic E-state index is 0.00439. The molecule has 2 atom stereocenters. The number of aryl methyl sites for hydroxylation is 1. The Morgan fingerprint density at radius 1 is 1.38 bits per heavy atom. The molecule has 0 spiro atoms. The Labute approximate surface area is 139 Å². The van der Waals surface area contributed by atoms with Gasteiger partial charge < -0.3 is 5.32 Å². The largest absolute Gasteiger partial charge is 0.391 e. The van der Waals surface area contributed by atoms with Crippen molar-refractivity contribution in [1.29, 1.82) is 0 Å². The molecule has 134 valence electrons.